The summed E-state index contributed by atoms with van der Waals surface area (Å²) < 4.78 is 0. The minimum absolute atomic E-state index is 0.262. The van der Waals surface area contributed by atoms with Crippen LogP contribution in [0.1, 0.15) is 11.3 Å². The zero-order chi connectivity index (χ0) is 11.4. The van der Waals surface area contributed by atoms with E-state index in [0.717, 1.165) is 0 Å². The van der Waals surface area contributed by atoms with Crippen molar-refractivity contribution >= 4 is 12.0 Å². The molecule has 1 heterocycles. The first kappa shape index (κ1) is 11.0. The first-order valence-electron chi connectivity index (χ1n) is 4.27. The normalized spacial score (nSPS) is 10.5. The zero-order valence-corrected chi connectivity index (χ0v) is 8.38. The van der Waals surface area contributed by atoms with Gasteiger partial charge < -0.3 is 10.3 Å². The van der Waals surface area contributed by atoms with Gasteiger partial charge in [-0.05, 0) is 13.0 Å². The molecule has 1 aromatic rings. The van der Waals surface area contributed by atoms with Crippen molar-refractivity contribution in [3.8, 4) is 0 Å². The molecule has 0 aliphatic rings. The van der Waals surface area contributed by atoms with Crippen molar-refractivity contribution in [2.75, 3.05) is 7.05 Å². The number of H-pyrrole nitrogens is 2. The van der Waals surface area contributed by atoms with Crippen molar-refractivity contribution in [2.24, 2.45) is 0 Å². The summed E-state index contributed by atoms with van der Waals surface area (Å²) in [6.45, 7) is 1.58. The van der Waals surface area contributed by atoms with E-state index in [0.29, 0.717) is 5.69 Å². The van der Waals surface area contributed by atoms with Crippen LogP contribution in [0.25, 0.3) is 6.08 Å². The number of carbonyl (C=O) groups excluding carboxylic acids is 1. The Morgan fingerprint density at radius 2 is 2.00 bits per heavy atom. The van der Waals surface area contributed by atoms with Crippen LogP contribution in [0.2, 0.25) is 0 Å². The van der Waals surface area contributed by atoms with Crippen LogP contribution in [0.15, 0.2) is 15.7 Å². The predicted octanol–water partition coefficient (Wildman–Crippen LogP) is -0.869. The average Bonchev–Trinajstić information content (AvgIpc) is 2.15. The monoisotopic (exact) mass is 209 g/mol. The highest BCUT2D eigenvalue weighted by atomic mass is 16.2. The van der Waals surface area contributed by atoms with E-state index in [1.807, 2.05) is 0 Å². The fourth-order valence-electron chi connectivity index (χ4n) is 1.05. The highest BCUT2D eigenvalue weighted by Crippen LogP contribution is 1.97. The number of aromatic amines is 2. The van der Waals surface area contributed by atoms with E-state index in [9.17, 15) is 14.4 Å². The Hall–Kier alpha value is -2.11. The molecule has 0 radical (unpaired) electrons. The van der Waals surface area contributed by atoms with Crippen molar-refractivity contribution in [3.63, 3.8) is 0 Å². The van der Waals surface area contributed by atoms with Gasteiger partial charge in [-0.2, -0.15) is 0 Å². The number of amides is 1. The van der Waals surface area contributed by atoms with E-state index in [1.165, 1.54) is 19.2 Å². The molecule has 0 aliphatic carbocycles. The van der Waals surface area contributed by atoms with Gasteiger partial charge in [-0.15, -0.1) is 0 Å². The van der Waals surface area contributed by atoms with Crippen LogP contribution in [0.4, 0.5) is 0 Å². The van der Waals surface area contributed by atoms with Crippen LogP contribution in [0, 0.1) is 6.92 Å². The molecule has 3 N–H and O–H groups in total. The summed E-state index contributed by atoms with van der Waals surface area (Å²) in [5.74, 6) is -0.319. The fourth-order valence-corrected chi connectivity index (χ4v) is 1.05. The van der Waals surface area contributed by atoms with Gasteiger partial charge >= 0.3 is 5.69 Å². The minimum atomic E-state index is -0.561. The van der Waals surface area contributed by atoms with Crippen molar-refractivity contribution in [1.82, 2.24) is 15.3 Å². The SMILES string of the molecule is CNC(=O)/C=C/c1c(C)[nH]c(=O)[nH]c1=O. The number of likely N-dealkylation sites (N-methyl/N-ethyl adjacent to an activating group) is 1. The van der Waals surface area contributed by atoms with Crippen molar-refractivity contribution in [3.05, 3.63) is 38.2 Å². The number of rotatable bonds is 2. The molecule has 0 saturated heterocycles. The molecule has 6 nitrogen and oxygen atoms in total. The molecule has 1 amide bonds. The van der Waals surface area contributed by atoms with Crippen LogP contribution in [-0.2, 0) is 4.79 Å². The van der Waals surface area contributed by atoms with Gasteiger partial charge in [0.1, 0.15) is 0 Å². The molecule has 15 heavy (non-hydrogen) atoms. The van der Waals surface area contributed by atoms with E-state index in [4.69, 9.17) is 0 Å². The van der Waals surface area contributed by atoms with Crippen molar-refractivity contribution < 1.29 is 4.79 Å². The highest BCUT2D eigenvalue weighted by molar-refractivity contribution is 5.91. The number of hydrogen-bond donors (Lipinski definition) is 3. The van der Waals surface area contributed by atoms with Gasteiger partial charge in [0.15, 0.2) is 0 Å². The molecule has 0 aliphatic heterocycles. The molecule has 0 saturated carbocycles. The van der Waals surface area contributed by atoms with Crippen LogP contribution in [0.3, 0.4) is 0 Å². The molecule has 0 fully saturated rings. The lowest BCUT2D eigenvalue weighted by atomic mass is 10.2. The molecule has 80 valence electrons. The third-order valence-corrected chi connectivity index (χ3v) is 1.82. The topological polar surface area (TPSA) is 94.8 Å². The van der Waals surface area contributed by atoms with E-state index in [-0.39, 0.29) is 11.5 Å². The van der Waals surface area contributed by atoms with Crippen LogP contribution < -0.4 is 16.6 Å². The molecule has 0 spiro atoms. The predicted molar refractivity (Wildman–Crippen MR) is 55.5 cm³/mol. The standard InChI is InChI=1S/C9H11N3O3/c1-5-6(3-4-7(13)10-2)8(14)12-9(15)11-5/h3-4H,1-2H3,(H,10,13)(H2,11,12,14,15)/b4-3+. The van der Waals surface area contributed by atoms with Crippen molar-refractivity contribution in [2.45, 2.75) is 6.92 Å². The molecule has 6 heteroatoms. The lowest BCUT2D eigenvalue weighted by Gasteiger charge is -1.97. The van der Waals surface area contributed by atoms with Gasteiger partial charge in [0.2, 0.25) is 5.91 Å². The number of hydrogen-bond acceptors (Lipinski definition) is 3. The summed E-state index contributed by atoms with van der Waals surface area (Å²) in [7, 11) is 1.48. The number of aryl methyl sites for hydroxylation is 1. The van der Waals surface area contributed by atoms with Crippen LogP contribution >= 0.6 is 0 Å². The zero-order valence-electron chi connectivity index (χ0n) is 8.38. The van der Waals surface area contributed by atoms with Gasteiger partial charge in [0, 0.05) is 18.8 Å². The third-order valence-electron chi connectivity index (χ3n) is 1.82. The second-order valence-corrected chi connectivity index (χ2v) is 2.89. The molecule has 1 aromatic heterocycles. The van der Waals surface area contributed by atoms with Crippen molar-refractivity contribution in [1.29, 1.82) is 0 Å². The Bertz CT molecular complexity index is 510. The summed E-state index contributed by atoms with van der Waals surface area (Å²) in [5.41, 5.74) is -0.395. The maximum absolute atomic E-state index is 11.3. The number of carbonyl (C=O) groups is 1. The molecular formula is C9H11N3O3. The van der Waals surface area contributed by atoms with Gasteiger partial charge in [-0.1, -0.05) is 0 Å². The molecule has 0 bridgehead atoms. The first-order valence-corrected chi connectivity index (χ1v) is 4.27. The molecule has 0 atom stereocenters. The molecular weight excluding hydrogens is 198 g/mol. The summed E-state index contributed by atoms with van der Waals surface area (Å²) in [6, 6.07) is 0. The second-order valence-electron chi connectivity index (χ2n) is 2.89. The largest absolute Gasteiger partial charge is 0.356 e. The molecule has 1 rings (SSSR count). The Balaban J connectivity index is 3.16. The van der Waals surface area contributed by atoms with Gasteiger partial charge in [0.25, 0.3) is 5.56 Å². The Morgan fingerprint density at radius 3 is 2.53 bits per heavy atom. The quantitative estimate of drug-likeness (QED) is 0.552. The summed E-state index contributed by atoms with van der Waals surface area (Å²) >= 11 is 0. The maximum Gasteiger partial charge on any atom is 0.325 e. The van der Waals surface area contributed by atoms with E-state index < -0.39 is 11.2 Å². The Kier molecular flexibility index (Phi) is 3.22. The van der Waals surface area contributed by atoms with Gasteiger partial charge in [-0.3, -0.25) is 14.6 Å². The Morgan fingerprint density at radius 1 is 1.33 bits per heavy atom. The number of aromatic nitrogens is 2. The minimum Gasteiger partial charge on any atom is -0.356 e. The van der Waals surface area contributed by atoms with Gasteiger partial charge in [0.05, 0.1) is 5.56 Å². The lowest BCUT2D eigenvalue weighted by molar-refractivity contribution is -0.115. The first-order chi connectivity index (χ1) is 7.04. The second kappa shape index (κ2) is 4.41. The van der Waals surface area contributed by atoms with E-state index >= 15 is 0 Å². The van der Waals surface area contributed by atoms with Crippen LogP contribution in [-0.4, -0.2) is 22.9 Å². The molecule has 0 unspecified atom stereocenters. The highest BCUT2D eigenvalue weighted by Gasteiger charge is 2.01. The smallest absolute Gasteiger partial charge is 0.325 e. The fraction of sp³-hybridized carbons (Fsp3) is 0.222. The van der Waals surface area contributed by atoms with E-state index in [2.05, 4.69) is 15.3 Å². The van der Waals surface area contributed by atoms with Gasteiger partial charge in [-0.25, -0.2) is 4.79 Å². The summed E-state index contributed by atoms with van der Waals surface area (Å²) in [6.07, 6.45) is 2.57. The average molecular weight is 209 g/mol. The van der Waals surface area contributed by atoms with Crippen LogP contribution in [0.5, 0.6) is 0 Å². The summed E-state index contributed by atoms with van der Waals surface area (Å²) in [5, 5.41) is 2.38. The third kappa shape index (κ3) is 2.67. The summed E-state index contributed by atoms with van der Waals surface area (Å²) in [4.78, 5) is 37.5. The lowest BCUT2D eigenvalue weighted by Crippen LogP contribution is -2.25. The molecule has 0 aromatic carbocycles. The maximum atomic E-state index is 11.3. The number of nitrogens with one attached hydrogen (secondary N) is 3. The Labute approximate surface area is 85.0 Å². The van der Waals surface area contributed by atoms with E-state index in [1.54, 1.807) is 6.92 Å².